The summed E-state index contributed by atoms with van der Waals surface area (Å²) in [5.41, 5.74) is 1.61. The van der Waals surface area contributed by atoms with Crippen LogP contribution in [0.25, 0.3) is 0 Å². The van der Waals surface area contributed by atoms with Crippen LogP contribution in [0.2, 0.25) is 10.0 Å². The fourth-order valence-corrected chi connectivity index (χ4v) is 6.10. The molecule has 194 valence electrons. The lowest BCUT2D eigenvalue weighted by molar-refractivity contribution is -0.130. The quantitative estimate of drug-likeness (QED) is 0.443. The van der Waals surface area contributed by atoms with Crippen LogP contribution in [0.5, 0.6) is 0 Å². The molecule has 3 rings (SSSR count). The number of rotatable bonds is 10. The molecule has 0 aromatic heterocycles. The van der Waals surface area contributed by atoms with E-state index in [-0.39, 0.29) is 33.8 Å². The zero-order valence-corrected chi connectivity index (χ0v) is 22.4. The maximum atomic E-state index is 12.8. The topological polar surface area (TPSA) is 111 Å². The average molecular weight is 555 g/mol. The van der Waals surface area contributed by atoms with Crippen molar-refractivity contribution < 1.29 is 23.1 Å². The van der Waals surface area contributed by atoms with E-state index in [4.69, 9.17) is 23.2 Å². The van der Waals surface area contributed by atoms with E-state index < -0.39 is 16.1 Å². The second kappa shape index (κ2) is 12.1. The molecule has 0 spiro atoms. The van der Waals surface area contributed by atoms with Gasteiger partial charge in [0.1, 0.15) is 10.7 Å². The predicted octanol–water partition coefficient (Wildman–Crippen LogP) is 4.18. The van der Waals surface area contributed by atoms with Crippen LogP contribution in [-0.4, -0.2) is 79.2 Å². The SMILES string of the molecule is CN(Cc1ccc(C2=NCCN2C(=O)O)cc1)C(=O)CCCCN(C)S(=O)(=O)c1c(Cl)cccc1Cl. The molecule has 1 aliphatic rings. The largest absolute Gasteiger partial charge is 0.465 e. The van der Waals surface area contributed by atoms with Crippen molar-refractivity contribution in [3.05, 3.63) is 63.6 Å². The minimum Gasteiger partial charge on any atom is -0.465 e. The van der Waals surface area contributed by atoms with E-state index >= 15 is 0 Å². The summed E-state index contributed by atoms with van der Waals surface area (Å²) in [5, 5.41) is 9.40. The molecule has 1 heterocycles. The second-order valence-corrected chi connectivity index (χ2v) is 11.2. The van der Waals surface area contributed by atoms with Crippen molar-refractivity contribution in [3.8, 4) is 0 Å². The number of hydrogen-bond acceptors (Lipinski definition) is 5. The van der Waals surface area contributed by atoms with Gasteiger partial charge in [-0.3, -0.25) is 14.7 Å². The maximum absolute atomic E-state index is 12.8. The van der Waals surface area contributed by atoms with Gasteiger partial charge < -0.3 is 10.0 Å². The number of carbonyl (C=O) groups is 2. The van der Waals surface area contributed by atoms with Crippen LogP contribution in [-0.2, 0) is 21.4 Å². The Balaban J connectivity index is 1.47. The molecular formula is C24H28Cl2N4O5S. The van der Waals surface area contributed by atoms with Crippen LogP contribution < -0.4 is 0 Å². The van der Waals surface area contributed by atoms with Gasteiger partial charge in [-0.15, -0.1) is 0 Å². The number of amides is 2. The zero-order chi connectivity index (χ0) is 26.5. The Labute approximate surface area is 221 Å². The minimum atomic E-state index is -3.85. The van der Waals surface area contributed by atoms with Gasteiger partial charge in [-0.05, 0) is 30.5 Å². The predicted molar refractivity (Wildman–Crippen MR) is 139 cm³/mol. The molecule has 0 aliphatic carbocycles. The van der Waals surface area contributed by atoms with E-state index in [1.54, 1.807) is 30.1 Å². The molecule has 12 heteroatoms. The molecule has 2 amide bonds. The summed E-state index contributed by atoms with van der Waals surface area (Å²) in [6.45, 7) is 1.41. The average Bonchev–Trinajstić information content (AvgIpc) is 3.32. The normalized spacial score (nSPS) is 13.7. The molecule has 2 aromatic rings. The molecule has 1 aliphatic heterocycles. The highest BCUT2D eigenvalue weighted by Gasteiger charge is 2.26. The Morgan fingerprint density at radius 2 is 1.69 bits per heavy atom. The maximum Gasteiger partial charge on any atom is 0.413 e. The van der Waals surface area contributed by atoms with Gasteiger partial charge in [-0.25, -0.2) is 17.5 Å². The van der Waals surface area contributed by atoms with Crippen LogP contribution in [0.1, 0.15) is 30.4 Å². The molecule has 1 N–H and O–H groups in total. The van der Waals surface area contributed by atoms with Gasteiger partial charge in [0, 0.05) is 39.2 Å². The molecule has 0 radical (unpaired) electrons. The first kappa shape index (κ1) is 27.9. The van der Waals surface area contributed by atoms with E-state index in [9.17, 15) is 23.1 Å². The van der Waals surface area contributed by atoms with Gasteiger partial charge in [0.15, 0.2) is 0 Å². The molecule has 0 atom stereocenters. The van der Waals surface area contributed by atoms with Crippen molar-refractivity contribution in [2.75, 3.05) is 33.7 Å². The fourth-order valence-electron chi connectivity index (χ4n) is 3.81. The number of aliphatic imine (C=N–C) groups is 1. The van der Waals surface area contributed by atoms with Crippen LogP contribution in [0.3, 0.4) is 0 Å². The van der Waals surface area contributed by atoms with Crippen LogP contribution in [0, 0.1) is 0 Å². The number of amidine groups is 1. The summed E-state index contributed by atoms with van der Waals surface area (Å²) in [5.74, 6) is 0.373. The number of benzene rings is 2. The highest BCUT2D eigenvalue weighted by Crippen LogP contribution is 2.31. The van der Waals surface area contributed by atoms with Crippen LogP contribution in [0.15, 0.2) is 52.4 Å². The van der Waals surface area contributed by atoms with Gasteiger partial charge in [0.05, 0.1) is 23.1 Å². The van der Waals surface area contributed by atoms with E-state index in [1.165, 1.54) is 28.4 Å². The first-order valence-electron chi connectivity index (χ1n) is 11.3. The number of nitrogens with zero attached hydrogens (tertiary/aromatic N) is 4. The lowest BCUT2D eigenvalue weighted by atomic mass is 10.1. The summed E-state index contributed by atoms with van der Waals surface area (Å²) >= 11 is 12.1. The lowest BCUT2D eigenvalue weighted by Gasteiger charge is -2.20. The Hall–Kier alpha value is -2.66. The third-order valence-corrected chi connectivity index (χ3v) is 8.64. The van der Waals surface area contributed by atoms with E-state index in [0.29, 0.717) is 43.9 Å². The highest BCUT2D eigenvalue weighted by molar-refractivity contribution is 7.89. The summed E-state index contributed by atoms with van der Waals surface area (Å²) in [7, 11) is -0.680. The van der Waals surface area contributed by atoms with Crippen LogP contribution >= 0.6 is 23.2 Å². The van der Waals surface area contributed by atoms with Crippen molar-refractivity contribution in [1.29, 1.82) is 0 Å². The van der Waals surface area contributed by atoms with Crippen molar-refractivity contribution in [3.63, 3.8) is 0 Å². The molecule has 0 unspecified atom stereocenters. The summed E-state index contributed by atoms with van der Waals surface area (Å²) in [6.07, 6.45) is 0.258. The Kier molecular flexibility index (Phi) is 9.35. The third kappa shape index (κ3) is 6.56. The summed E-state index contributed by atoms with van der Waals surface area (Å²) in [4.78, 5) is 30.9. The highest BCUT2D eigenvalue weighted by atomic mass is 35.5. The second-order valence-electron chi connectivity index (χ2n) is 8.42. The van der Waals surface area contributed by atoms with Crippen molar-refractivity contribution in [2.45, 2.75) is 30.7 Å². The van der Waals surface area contributed by atoms with Crippen molar-refractivity contribution >= 4 is 51.1 Å². The molecular weight excluding hydrogens is 527 g/mol. The minimum absolute atomic E-state index is 0.0593. The van der Waals surface area contributed by atoms with Gasteiger partial charge in [0.2, 0.25) is 15.9 Å². The first-order chi connectivity index (χ1) is 17.0. The number of carboxylic acid groups (broad SMARTS) is 1. The Morgan fingerprint density at radius 1 is 1.06 bits per heavy atom. The van der Waals surface area contributed by atoms with Gasteiger partial charge in [-0.1, -0.05) is 53.5 Å². The number of halogens is 2. The first-order valence-corrected chi connectivity index (χ1v) is 13.5. The molecule has 0 bridgehead atoms. The molecule has 0 fully saturated rings. The fraction of sp³-hybridized carbons (Fsp3) is 0.375. The number of carbonyl (C=O) groups excluding carboxylic acids is 1. The van der Waals surface area contributed by atoms with Gasteiger partial charge in [0.25, 0.3) is 0 Å². The molecule has 0 saturated carbocycles. The summed E-state index contributed by atoms with van der Waals surface area (Å²) < 4.78 is 26.8. The molecule has 0 saturated heterocycles. The van der Waals surface area contributed by atoms with Gasteiger partial charge >= 0.3 is 6.09 Å². The zero-order valence-electron chi connectivity index (χ0n) is 20.0. The van der Waals surface area contributed by atoms with Gasteiger partial charge in [-0.2, -0.15) is 0 Å². The van der Waals surface area contributed by atoms with E-state index in [0.717, 1.165) is 5.56 Å². The van der Waals surface area contributed by atoms with E-state index in [1.807, 2.05) is 12.1 Å². The molecule has 9 nitrogen and oxygen atoms in total. The number of hydrogen-bond donors (Lipinski definition) is 1. The van der Waals surface area contributed by atoms with Crippen LogP contribution in [0.4, 0.5) is 4.79 Å². The van der Waals surface area contributed by atoms with Crippen molar-refractivity contribution in [2.24, 2.45) is 4.99 Å². The van der Waals surface area contributed by atoms with E-state index in [2.05, 4.69) is 4.99 Å². The summed E-state index contributed by atoms with van der Waals surface area (Å²) in [6, 6.07) is 11.8. The molecule has 36 heavy (non-hydrogen) atoms. The Morgan fingerprint density at radius 3 is 2.31 bits per heavy atom. The Bertz CT molecular complexity index is 1230. The number of sulfonamides is 1. The molecule has 2 aromatic carbocycles. The standard InChI is InChI=1S/C24H28Cl2N4O5S/c1-28(16-17-9-11-18(12-10-17)23-27-13-15-30(23)24(32)33)21(31)8-3-4-14-29(2)36(34,35)22-19(25)6-5-7-20(22)26/h5-7,9-12H,3-4,8,13-16H2,1-2H3,(H,32,33). The van der Waals surface area contributed by atoms with Crippen molar-refractivity contribution in [1.82, 2.24) is 14.1 Å². The monoisotopic (exact) mass is 554 g/mol. The third-order valence-electron chi connectivity index (χ3n) is 5.83. The lowest BCUT2D eigenvalue weighted by Crippen LogP contribution is -2.33. The smallest absolute Gasteiger partial charge is 0.413 e. The number of unbranched alkanes of at least 4 members (excludes halogenated alkanes) is 1.